The SMILES string of the molecule is CSC1CCC(n2c(N)nc3cc(Cl)c(Cl)cc32)C1. The van der Waals surface area contributed by atoms with Crippen molar-refractivity contribution >= 4 is 51.9 Å². The van der Waals surface area contributed by atoms with E-state index >= 15 is 0 Å². The highest BCUT2D eigenvalue weighted by molar-refractivity contribution is 7.99. The van der Waals surface area contributed by atoms with E-state index in [4.69, 9.17) is 28.9 Å². The molecule has 1 fully saturated rings. The van der Waals surface area contributed by atoms with Gasteiger partial charge in [0, 0.05) is 11.3 Å². The maximum atomic E-state index is 6.11. The fraction of sp³-hybridized carbons (Fsp3) is 0.462. The van der Waals surface area contributed by atoms with Gasteiger partial charge < -0.3 is 10.3 Å². The summed E-state index contributed by atoms with van der Waals surface area (Å²) in [6.45, 7) is 0. The Balaban J connectivity index is 2.08. The van der Waals surface area contributed by atoms with Crippen molar-refractivity contribution in [2.24, 2.45) is 0 Å². The summed E-state index contributed by atoms with van der Waals surface area (Å²) < 4.78 is 2.12. The van der Waals surface area contributed by atoms with Crippen molar-refractivity contribution in [3.63, 3.8) is 0 Å². The van der Waals surface area contributed by atoms with Gasteiger partial charge in [0.1, 0.15) is 0 Å². The van der Waals surface area contributed by atoms with Crippen molar-refractivity contribution in [1.82, 2.24) is 9.55 Å². The molecule has 3 rings (SSSR count). The van der Waals surface area contributed by atoms with Crippen LogP contribution in [0.2, 0.25) is 10.0 Å². The van der Waals surface area contributed by atoms with E-state index in [0.717, 1.165) is 23.9 Å². The van der Waals surface area contributed by atoms with Crippen LogP contribution in [-0.2, 0) is 0 Å². The first-order valence-electron chi connectivity index (χ1n) is 6.25. The number of halogens is 2. The first kappa shape index (κ1) is 13.4. The summed E-state index contributed by atoms with van der Waals surface area (Å²) in [5.41, 5.74) is 7.88. The minimum absolute atomic E-state index is 0.416. The molecule has 2 unspecified atom stereocenters. The molecule has 2 aromatic rings. The van der Waals surface area contributed by atoms with E-state index in [9.17, 15) is 0 Å². The van der Waals surface area contributed by atoms with Gasteiger partial charge in [-0.2, -0.15) is 11.8 Å². The molecule has 102 valence electrons. The van der Waals surface area contributed by atoms with Gasteiger partial charge in [-0.25, -0.2) is 4.98 Å². The highest BCUT2D eigenvalue weighted by Gasteiger charge is 2.28. The largest absolute Gasteiger partial charge is 0.369 e. The Hall–Kier alpha value is -0.580. The molecule has 0 saturated heterocycles. The summed E-state index contributed by atoms with van der Waals surface area (Å²) in [6, 6.07) is 4.07. The van der Waals surface area contributed by atoms with E-state index in [0.29, 0.717) is 27.3 Å². The van der Waals surface area contributed by atoms with Crippen molar-refractivity contribution in [2.75, 3.05) is 12.0 Å². The van der Waals surface area contributed by atoms with Crippen LogP contribution < -0.4 is 5.73 Å². The number of anilines is 1. The molecule has 0 amide bonds. The standard InChI is InChI=1S/C13H15Cl2N3S/c1-19-8-3-2-7(4-8)18-12-6-10(15)9(14)5-11(12)17-13(18)16/h5-8H,2-4H2,1H3,(H2,16,17). The van der Waals surface area contributed by atoms with Gasteiger partial charge in [-0.3, -0.25) is 0 Å². The van der Waals surface area contributed by atoms with Crippen LogP contribution in [0.15, 0.2) is 12.1 Å². The number of nitrogen functional groups attached to an aromatic ring is 1. The molecule has 0 aliphatic heterocycles. The van der Waals surface area contributed by atoms with E-state index in [2.05, 4.69) is 15.8 Å². The molecule has 1 aliphatic rings. The van der Waals surface area contributed by atoms with Crippen LogP contribution in [0.4, 0.5) is 5.95 Å². The highest BCUT2D eigenvalue weighted by atomic mass is 35.5. The number of hydrogen-bond donors (Lipinski definition) is 1. The predicted octanol–water partition coefficient (Wildman–Crippen LogP) is 4.38. The minimum atomic E-state index is 0.416. The number of rotatable bonds is 2. The topological polar surface area (TPSA) is 43.8 Å². The molecule has 0 bridgehead atoms. The molecular formula is C13H15Cl2N3S. The molecule has 1 aromatic carbocycles. The Kier molecular flexibility index (Phi) is 3.58. The van der Waals surface area contributed by atoms with Gasteiger partial charge in [0.15, 0.2) is 0 Å². The lowest BCUT2D eigenvalue weighted by Gasteiger charge is -2.15. The first-order valence-corrected chi connectivity index (χ1v) is 8.29. The Morgan fingerprint density at radius 1 is 1.32 bits per heavy atom. The molecule has 0 spiro atoms. The Morgan fingerprint density at radius 2 is 2.05 bits per heavy atom. The zero-order valence-corrected chi connectivity index (χ0v) is 12.9. The van der Waals surface area contributed by atoms with Crippen LogP contribution in [-0.4, -0.2) is 21.1 Å². The zero-order chi connectivity index (χ0) is 13.6. The molecule has 1 aromatic heterocycles. The van der Waals surface area contributed by atoms with Crippen molar-refractivity contribution in [3.8, 4) is 0 Å². The average molecular weight is 316 g/mol. The average Bonchev–Trinajstić information content (AvgIpc) is 2.94. The number of imidazole rings is 1. The van der Waals surface area contributed by atoms with Gasteiger partial charge in [0.05, 0.1) is 21.1 Å². The summed E-state index contributed by atoms with van der Waals surface area (Å²) >= 11 is 14.1. The number of aromatic nitrogens is 2. The molecule has 1 heterocycles. The van der Waals surface area contributed by atoms with Gasteiger partial charge in [-0.05, 0) is 37.7 Å². The smallest absolute Gasteiger partial charge is 0.201 e. The van der Waals surface area contributed by atoms with Crippen LogP contribution >= 0.6 is 35.0 Å². The second kappa shape index (κ2) is 5.08. The second-order valence-electron chi connectivity index (χ2n) is 4.92. The van der Waals surface area contributed by atoms with Crippen LogP contribution in [0.25, 0.3) is 11.0 Å². The van der Waals surface area contributed by atoms with Crippen LogP contribution in [0.1, 0.15) is 25.3 Å². The van der Waals surface area contributed by atoms with E-state index in [1.165, 1.54) is 6.42 Å². The van der Waals surface area contributed by atoms with Gasteiger partial charge in [0.2, 0.25) is 5.95 Å². The molecule has 2 N–H and O–H groups in total. The fourth-order valence-corrected chi connectivity index (χ4v) is 3.96. The molecule has 2 atom stereocenters. The highest BCUT2D eigenvalue weighted by Crippen LogP contribution is 2.40. The molecule has 0 radical (unpaired) electrons. The summed E-state index contributed by atoms with van der Waals surface area (Å²) in [6.07, 6.45) is 5.67. The second-order valence-corrected chi connectivity index (χ2v) is 6.87. The lowest BCUT2D eigenvalue weighted by molar-refractivity contribution is 0.540. The van der Waals surface area contributed by atoms with Gasteiger partial charge in [-0.15, -0.1) is 0 Å². The minimum Gasteiger partial charge on any atom is -0.369 e. The predicted molar refractivity (Wildman–Crippen MR) is 84.4 cm³/mol. The number of thioether (sulfide) groups is 1. The quantitative estimate of drug-likeness (QED) is 0.894. The van der Waals surface area contributed by atoms with E-state index in [1.54, 1.807) is 6.07 Å². The summed E-state index contributed by atoms with van der Waals surface area (Å²) in [7, 11) is 0. The number of hydrogen-bond acceptors (Lipinski definition) is 3. The maximum absolute atomic E-state index is 6.11. The Morgan fingerprint density at radius 3 is 2.74 bits per heavy atom. The van der Waals surface area contributed by atoms with Crippen molar-refractivity contribution in [3.05, 3.63) is 22.2 Å². The molecule has 3 nitrogen and oxygen atoms in total. The Labute approximate surface area is 126 Å². The van der Waals surface area contributed by atoms with Gasteiger partial charge in [-0.1, -0.05) is 23.2 Å². The van der Waals surface area contributed by atoms with E-state index < -0.39 is 0 Å². The number of nitrogens with zero attached hydrogens (tertiary/aromatic N) is 2. The zero-order valence-electron chi connectivity index (χ0n) is 10.6. The maximum Gasteiger partial charge on any atom is 0.201 e. The summed E-state index contributed by atoms with van der Waals surface area (Å²) in [5.74, 6) is 0.556. The fourth-order valence-electron chi connectivity index (χ4n) is 2.86. The van der Waals surface area contributed by atoms with Crippen molar-refractivity contribution < 1.29 is 0 Å². The molecule has 1 aliphatic carbocycles. The van der Waals surface area contributed by atoms with Gasteiger partial charge >= 0.3 is 0 Å². The van der Waals surface area contributed by atoms with Crippen molar-refractivity contribution in [2.45, 2.75) is 30.6 Å². The number of fused-ring (bicyclic) bond motifs is 1. The van der Waals surface area contributed by atoms with Gasteiger partial charge in [0.25, 0.3) is 0 Å². The van der Waals surface area contributed by atoms with E-state index in [1.807, 2.05) is 17.8 Å². The molecular weight excluding hydrogens is 301 g/mol. The monoisotopic (exact) mass is 315 g/mol. The number of nitrogens with two attached hydrogens (primary N) is 1. The summed E-state index contributed by atoms with van der Waals surface area (Å²) in [5, 5.41) is 1.78. The first-order chi connectivity index (χ1) is 9.10. The lowest BCUT2D eigenvalue weighted by Crippen LogP contribution is -2.09. The molecule has 1 saturated carbocycles. The van der Waals surface area contributed by atoms with E-state index in [-0.39, 0.29) is 0 Å². The van der Waals surface area contributed by atoms with Crippen LogP contribution in [0.5, 0.6) is 0 Å². The molecule has 19 heavy (non-hydrogen) atoms. The third-order valence-electron chi connectivity index (χ3n) is 3.81. The third-order valence-corrected chi connectivity index (χ3v) is 5.63. The van der Waals surface area contributed by atoms with Crippen molar-refractivity contribution in [1.29, 1.82) is 0 Å². The summed E-state index contributed by atoms with van der Waals surface area (Å²) in [4.78, 5) is 4.40. The normalized spacial score (nSPS) is 23.3. The van der Waals surface area contributed by atoms with Crippen LogP contribution in [0.3, 0.4) is 0 Å². The lowest BCUT2D eigenvalue weighted by atomic mass is 10.2. The molecule has 6 heteroatoms. The Bertz CT molecular complexity index is 626. The number of benzene rings is 1. The third kappa shape index (κ3) is 2.30. The van der Waals surface area contributed by atoms with Crippen LogP contribution in [0, 0.1) is 0 Å².